The van der Waals surface area contributed by atoms with E-state index in [0.717, 1.165) is 0 Å². The first kappa shape index (κ1) is 15.2. The maximum Gasteiger partial charge on any atom is 0.245 e. The molecule has 7 nitrogen and oxygen atoms in total. The molecule has 0 aromatic carbocycles. The fourth-order valence-electron chi connectivity index (χ4n) is 1.44. The van der Waals surface area contributed by atoms with Crippen LogP contribution in [0.15, 0.2) is 10.6 Å². The van der Waals surface area contributed by atoms with E-state index in [2.05, 4.69) is 10.5 Å². The van der Waals surface area contributed by atoms with Crippen molar-refractivity contribution in [2.45, 2.75) is 26.8 Å². The van der Waals surface area contributed by atoms with Crippen LogP contribution in [0.2, 0.25) is 0 Å². The Morgan fingerprint density at radius 1 is 1.53 bits per heavy atom. The monoisotopic (exact) mass is 268 g/mol. The average molecular weight is 268 g/mol. The maximum absolute atomic E-state index is 11.9. The summed E-state index contributed by atoms with van der Waals surface area (Å²) in [5.74, 6) is 0.343. The van der Waals surface area contributed by atoms with Gasteiger partial charge in [0.15, 0.2) is 5.82 Å². The Kier molecular flexibility index (Phi) is 5.05. The Bertz CT molecular complexity index is 456. The van der Waals surface area contributed by atoms with Gasteiger partial charge in [0.1, 0.15) is 5.76 Å². The van der Waals surface area contributed by atoms with Crippen molar-refractivity contribution in [1.82, 2.24) is 10.1 Å². The maximum atomic E-state index is 11.9. The molecule has 19 heavy (non-hydrogen) atoms. The molecule has 0 aliphatic carbocycles. The number of aromatic nitrogens is 1. The highest BCUT2D eigenvalue weighted by Gasteiger charge is 2.22. The normalized spacial score (nSPS) is 12.3. The third kappa shape index (κ3) is 4.36. The molecule has 0 spiro atoms. The summed E-state index contributed by atoms with van der Waals surface area (Å²) in [7, 11) is 1.54. The van der Waals surface area contributed by atoms with Gasteiger partial charge in [-0.1, -0.05) is 19.0 Å². The molecule has 0 saturated heterocycles. The van der Waals surface area contributed by atoms with Gasteiger partial charge in [0, 0.05) is 13.1 Å². The zero-order chi connectivity index (χ0) is 14.6. The molecule has 2 amide bonds. The molecule has 106 valence electrons. The Morgan fingerprint density at radius 3 is 2.63 bits per heavy atom. The van der Waals surface area contributed by atoms with Crippen LogP contribution in [-0.2, 0) is 9.59 Å². The molecular weight excluding hydrogens is 248 g/mol. The lowest BCUT2D eigenvalue weighted by atomic mass is 10.0. The van der Waals surface area contributed by atoms with Gasteiger partial charge < -0.3 is 20.5 Å². The zero-order valence-corrected chi connectivity index (χ0v) is 11.6. The molecule has 7 heteroatoms. The number of carbonyl (C=O) groups is 2. The highest BCUT2D eigenvalue weighted by atomic mass is 16.5. The molecule has 1 rings (SSSR count). The van der Waals surface area contributed by atoms with Gasteiger partial charge >= 0.3 is 0 Å². The fraction of sp³-hybridized carbons (Fsp3) is 0.583. The highest BCUT2D eigenvalue weighted by Crippen LogP contribution is 2.07. The summed E-state index contributed by atoms with van der Waals surface area (Å²) >= 11 is 0. The lowest BCUT2D eigenvalue weighted by molar-refractivity contribution is -0.135. The lowest BCUT2D eigenvalue weighted by Gasteiger charge is -2.22. The smallest absolute Gasteiger partial charge is 0.245 e. The minimum absolute atomic E-state index is 0.0243. The Balaban J connectivity index is 2.50. The Morgan fingerprint density at radius 2 is 2.16 bits per heavy atom. The van der Waals surface area contributed by atoms with Crippen LogP contribution in [0, 0.1) is 12.8 Å². The van der Waals surface area contributed by atoms with E-state index in [0.29, 0.717) is 11.6 Å². The van der Waals surface area contributed by atoms with Gasteiger partial charge in [-0.15, -0.1) is 0 Å². The number of aryl methyl sites for hydroxylation is 1. The van der Waals surface area contributed by atoms with Gasteiger partial charge in [0.2, 0.25) is 11.8 Å². The van der Waals surface area contributed by atoms with Crippen molar-refractivity contribution < 1.29 is 14.1 Å². The van der Waals surface area contributed by atoms with E-state index in [9.17, 15) is 9.59 Å². The van der Waals surface area contributed by atoms with Crippen molar-refractivity contribution in [3.05, 3.63) is 11.8 Å². The minimum Gasteiger partial charge on any atom is -0.360 e. The summed E-state index contributed by atoms with van der Waals surface area (Å²) in [6.45, 7) is 5.36. The predicted molar refractivity (Wildman–Crippen MR) is 70.3 cm³/mol. The van der Waals surface area contributed by atoms with Crippen LogP contribution in [0.25, 0.3) is 0 Å². The number of likely N-dealkylation sites (N-methyl/N-ethyl adjacent to an activating group) is 1. The first-order valence-electron chi connectivity index (χ1n) is 6.05. The number of nitrogens with two attached hydrogens (primary N) is 1. The quantitative estimate of drug-likeness (QED) is 0.803. The number of hydrogen-bond donors (Lipinski definition) is 2. The van der Waals surface area contributed by atoms with Gasteiger partial charge in [0.25, 0.3) is 0 Å². The number of hydrogen-bond acceptors (Lipinski definition) is 5. The van der Waals surface area contributed by atoms with Gasteiger partial charge in [0.05, 0.1) is 12.6 Å². The number of anilines is 1. The standard InChI is InChI=1S/C12H20N4O3/c1-7(2)11(13)12(18)16(4)6-10(17)14-9-5-8(3)19-15-9/h5,7,11H,6,13H2,1-4H3,(H,14,15,17)/t11-/m0/s1. The average Bonchev–Trinajstić information content (AvgIpc) is 2.72. The van der Waals surface area contributed by atoms with Gasteiger partial charge in [-0.2, -0.15) is 0 Å². The van der Waals surface area contributed by atoms with Crippen LogP contribution in [0.3, 0.4) is 0 Å². The molecule has 1 aromatic heterocycles. The van der Waals surface area contributed by atoms with Crippen molar-refractivity contribution in [2.75, 3.05) is 18.9 Å². The summed E-state index contributed by atoms with van der Waals surface area (Å²) in [6.07, 6.45) is 0. The van der Waals surface area contributed by atoms with Gasteiger partial charge in [-0.25, -0.2) is 0 Å². The summed E-state index contributed by atoms with van der Waals surface area (Å²) in [6, 6.07) is 0.992. The highest BCUT2D eigenvalue weighted by molar-refractivity contribution is 5.94. The van der Waals surface area contributed by atoms with Crippen molar-refractivity contribution in [3.8, 4) is 0 Å². The molecule has 3 N–H and O–H groups in total. The lowest BCUT2D eigenvalue weighted by Crippen LogP contribution is -2.47. The van der Waals surface area contributed by atoms with Gasteiger partial charge in [-0.3, -0.25) is 9.59 Å². The summed E-state index contributed by atoms with van der Waals surface area (Å²) < 4.78 is 4.82. The third-order valence-electron chi connectivity index (χ3n) is 2.66. The summed E-state index contributed by atoms with van der Waals surface area (Å²) in [5.41, 5.74) is 5.74. The van der Waals surface area contributed by atoms with Crippen molar-refractivity contribution in [2.24, 2.45) is 11.7 Å². The van der Waals surface area contributed by atoms with Crippen LogP contribution in [0.4, 0.5) is 5.82 Å². The zero-order valence-electron chi connectivity index (χ0n) is 11.6. The Labute approximate surface area is 112 Å². The molecule has 0 unspecified atom stereocenters. The molecule has 1 aromatic rings. The largest absolute Gasteiger partial charge is 0.360 e. The fourth-order valence-corrected chi connectivity index (χ4v) is 1.44. The SMILES string of the molecule is Cc1cc(NC(=O)CN(C)C(=O)[C@@H](N)C(C)C)no1. The van der Waals surface area contributed by atoms with Crippen molar-refractivity contribution >= 4 is 17.6 Å². The Hall–Kier alpha value is -1.89. The molecule has 0 fully saturated rings. The van der Waals surface area contributed by atoms with Crippen molar-refractivity contribution in [3.63, 3.8) is 0 Å². The number of nitrogens with zero attached hydrogens (tertiary/aromatic N) is 2. The number of nitrogens with one attached hydrogen (secondary N) is 1. The van der Waals surface area contributed by atoms with Crippen LogP contribution < -0.4 is 11.1 Å². The van der Waals surface area contributed by atoms with Gasteiger partial charge in [-0.05, 0) is 12.8 Å². The molecule has 0 radical (unpaired) electrons. The first-order valence-corrected chi connectivity index (χ1v) is 6.05. The minimum atomic E-state index is -0.605. The van der Waals surface area contributed by atoms with Crippen LogP contribution in [0.5, 0.6) is 0 Å². The first-order chi connectivity index (χ1) is 8.81. The second-order valence-electron chi connectivity index (χ2n) is 4.84. The number of rotatable bonds is 5. The van der Waals surface area contributed by atoms with E-state index in [-0.39, 0.29) is 24.3 Å². The van der Waals surface area contributed by atoms with Crippen LogP contribution in [-0.4, -0.2) is 41.5 Å². The molecule has 0 bridgehead atoms. The van der Waals surface area contributed by atoms with Crippen LogP contribution in [0.1, 0.15) is 19.6 Å². The van der Waals surface area contributed by atoms with Crippen LogP contribution >= 0.6 is 0 Å². The third-order valence-corrected chi connectivity index (χ3v) is 2.66. The number of amides is 2. The molecule has 0 aliphatic rings. The van der Waals surface area contributed by atoms with E-state index < -0.39 is 6.04 Å². The second-order valence-corrected chi connectivity index (χ2v) is 4.84. The van der Waals surface area contributed by atoms with Crippen molar-refractivity contribution in [1.29, 1.82) is 0 Å². The molecule has 1 heterocycles. The molecule has 1 atom stereocenters. The van der Waals surface area contributed by atoms with E-state index in [1.165, 1.54) is 11.9 Å². The van der Waals surface area contributed by atoms with E-state index >= 15 is 0 Å². The molecular formula is C12H20N4O3. The topological polar surface area (TPSA) is 101 Å². The summed E-state index contributed by atoms with van der Waals surface area (Å²) in [5, 5.41) is 6.17. The van der Waals surface area contributed by atoms with E-state index in [4.69, 9.17) is 10.3 Å². The molecule has 0 saturated carbocycles. The van der Waals surface area contributed by atoms with E-state index in [1.54, 1.807) is 13.0 Å². The summed E-state index contributed by atoms with van der Waals surface area (Å²) in [4.78, 5) is 24.9. The molecule has 0 aliphatic heterocycles. The van der Waals surface area contributed by atoms with E-state index in [1.807, 2.05) is 13.8 Å². The second kappa shape index (κ2) is 6.33. The predicted octanol–water partition coefficient (Wildman–Crippen LogP) is 0.363. The number of carbonyl (C=O) groups excluding carboxylic acids is 2.